The highest BCUT2D eigenvalue weighted by Crippen LogP contribution is 2.21. The van der Waals surface area contributed by atoms with Gasteiger partial charge in [-0.25, -0.2) is 4.98 Å². The van der Waals surface area contributed by atoms with Crippen molar-refractivity contribution in [3.63, 3.8) is 0 Å². The van der Waals surface area contributed by atoms with Crippen molar-refractivity contribution in [2.24, 2.45) is 4.99 Å². The highest BCUT2D eigenvalue weighted by molar-refractivity contribution is 5.69. The highest BCUT2D eigenvalue weighted by Gasteiger charge is 2.14. The number of hydrogen-bond donors (Lipinski definition) is 1. The number of allylic oxidation sites excluding steroid dienone is 4. The molecule has 5 rings (SSSR count). The molecule has 0 saturated carbocycles. The lowest BCUT2D eigenvalue weighted by Gasteiger charge is -2.14. The zero-order valence-electron chi connectivity index (χ0n) is 22.7. The van der Waals surface area contributed by atoms with Gasteiger partial charge in [0.05, 0.1) is 19.3 Å². The second-order valence-corrected chi connectivity index (χ2v) is 9.72. The Labute approximate surface area is 220 Å². The minimum absolute atomic E-state index is 0.651. The first-order valence-electron chi connectivity index (χ1n) is 13.0. The summed E-state index contributed by atoms with van der Waals surface area (Å²) in [5.41, 5.74) is 11.6. The van der Waals surface area contributed by atoms with Crippen molar-refractivity contribution in [3.05, 3.63) is 112 Å². The molecule has 190 valence electrons. The number of fused-ring (bicyclic) bond motifs is 1. The minimum Gasteiger partial charge on any atom is -0.497 e. The second kappa shape index (κ2) is 11.9. The number of nitrogens with one attached hydrogen (secondary N) is 1. The average molecular weight is 492 g/mol. The molecule has 2 aromatic carbocycles. The fourth-order valence-corrected chi connectivity index (χ4v) is 4.40. The van der Waals surface area contributed by atoms with E-state index in [4.69, 9.17) is 9.72 Å². The SMILES string of the molecule is C=C(OC)c1cc(-c2ccc(C)cc2)nc2c1=C(C)CN=2.CCc1ccc(NC2=CC=C(C)CC2)cc1. The minimum atomic E-state index is 0.651. The summed E-state index contributed by atoms with van der Waals surface area (Å²) in [6, 6.07) is 19.1. The van der Waals surface area contributed by atoms with Crippen LogP contribution >= 0.6 is 0 Å². The van der Waals surface area contributed by atoms with Crippen molar-refractivity contribution >= 4 is 17.0 Å². The van der Waals surface area contributed by atoms with E-state index in [1.165, 1.54) is 40.1 Å². The third kappa shape index (κ3) is 6.45. The lowest BCUT2D eigenvalue weighted by Crippen LogP contribution is -2.30. The number of pyridine rings is 1. The molecule has 1 aliphatic heterocycles. The summed E-state index contributed by atoms with van der Waals surface area (Å²) in [7, 11) is 1.64. The summed E-state index contributed by atoms with van der Waals surface area (Å²) in [5, 5.41) is 4.54. The first-order valence-corrected chi connectivity index (χ1v) is 13.0. The second-order valence-electron chi connectivity index (χ2n) is 9.72. The molecule has 0 spiro atoms. The summed E-state index contributed by atoms with van der Waals surface area (Å²) < 4.78 is 5.34. The van der Waals surface area contributed by atoms with Crippen LogP contribution in [0, 0.1) is 6.92 Å². The number of aryl methyl sites for hydroxylation is 2. The van der Waals surface area contributed by atoms with E-state index in [9.17, 15) is 0 Å². The molecule has 1 N–H and O–H groups in total. The van der Waals surface area contributed by atoms with Gasteiger partial charge in [0, 0.05) is 27.7 Å². The van der Waals surface area contributed by atoms with E-state index in [1.807, 2.05) is 6.07 Å². The van der Waals surface area contributed by atoms with Crippen LogP contribution in [0.2, 0.25) is 0 Å². The molecule has 37 heavy (non-hydrogen) atoms. The molecule has 0 unspecified atom stereocenters. The van der Waals surface area contributed by atoms with Crippen LogP contribution in [0.25, 0.3) is 22.6 Å². The van der Waals surface area contributed by atoms with Gasteiger partial charge in [0.2, 0.25) is 0 Å². The number of hydrogen-bond acceptors (Lipinski definition) is 4. The van der Waals surface area contributed by atoms with Crippen molar-refractivity contribution in [2.75, 3.05) is 19.0 Å². The molecule has 1 aliphatic carbocycles. The van der Waals surface area contributed by atoms with E-state index < -0.39 is 0 Å². The molecular formula is C33H37N3O. The van der Waals surface area contributed by atoms with Crippen LogP contribution in [0.3, 0.4) is 0 Å². The Morgan fingerprint density at radius 3 is 2.32 bits per heavy atom. The fraction of sp³-hybridized carbons (Fsp3) is 0.273. The molecule has 0 bridgehead atoms. The normalized spacial score (nSPS) is 13.9. The number of anilines is 1. The smallest absolute Gasteiger partial charge is 0.156 e. The van der Waals surface area contributed by atoms with Gasteiger partial charge in [-0.1, -0.05) is 67.1 Å². The van der Waals surface area contributed by atoms with Gasteiger partial charge in [-0.15, -0.1) is 0 Å². The predicted octanol–water partition coefficient (Wildman–Crippen LogP) is 6.76. The summed E-state index contributed by atoms with van der Waals surface area (Å²) in [5.74, 6) is 0.651. The Morgan fingerprint density at radius 2 is 1.70 bits per heavy atom. The van der Waals surface area contributed by atoms with Crippen LogP contribution in [0.1, 0.15) is 50.3 Å². The van der Waals surface area contributed by atoms with E-state index in [2.05, 4.69) is 105 Å². The predicted molar refractivity (Wildman–Crippen MR) is 156 cm³/mol. The molecule has 0 fully saturated rings. The number of rotatable bonds is 6. The van der Waals surface area contributed by atoms with E-state index in [0.29, 0.717) is 12.3 Å². The zero-order chi connectivity index (χ0) is 26.4. The molecule has 0 atom stereocenters. The lowest BCUT2D eigenvalue weighted by atomic mass is 10.0. The van der Waals surface area contributed by atoms with Gasteiger partial charge in [-0.05, 0) is 75.4 Å². The number of nitrogens with zero attached hydrogens (tertiary/aromatic N) is 2. The van der Waals surface area contributed by atoms with E-state index in [0.717, 1.165) is 40.4 Å². The van der Waals surface area contributed by atoms with Crippen LogP contribution < -0.4 is 16.0 Å². The van der Waals surface area contributed by atoms with Gasteiger partial charge in [-0.3, -0.25) is 4.99 Å². The van der Waals surface area contributed by atoms with Crippen LogP contribution in [0.4, 0.5) is 5.69 Å². The van der Waals surface area contributed by atoms with Crippen LogP contribution in [0.5, 0.6) is 0 Å². The van der Waals surface area contributed by atoms with Crippen molar-refractivity contribution in [3.8, 4) is 11.3 Å². The van der Waals surface area contributed by atoms with Crippen LogP contribution in [-0.4, -0.2) is 18.6 Å². The third-order valence-electron chi connectivity index (χ3n) is 6.81. The molecule has 1 aromatic heterocycles. The molecule has 0 amide bonds. The maximum atomic E-state index is 5.34. The first-order chi connectivity index (χ1) is 17.9. The Kier molecular flexibility index (Phi) is 8.39. The zero-order valence-corrected chi connectivity index (χ0v) is 22.7. The molecule has 2 heterocycles. The van der Waals surface area contributed by atoms with Crippen molar-refractivity contribution < 1.29 is 4.74 Å². The van der Waals surface area contributed by atoms with Crippen molar-refractivity contribution in [2.45, 2.75) is 47.0 Å². The fourth-order valence-electron chi connectivity index (χ4n) is 4.40. The topological polar surface area (TPSA) is 46.5 Å². The van der Waals surface area contributed by atoms with E-state index in [-0.39, 0.29) is 0 Å². The van der Waals surface area contributed by atoms with Crippen LogP contribution in [0.15, 0.2) is 89.6 Å². The van der Waals surface area contributed by atoms with Gasteiger partial charge in [0.25, 0.3) is 0 Å². The number of ether oxygens (including phenoxy) is 1. The van der Waals surface area contributed by atoms with Gasteiger partial charge in [-0.2, -0.15) is 0 Å². The van der Waals surface area contributed by atoms with Gasteiger partial charge in [0.1, 0.15) is 5.76 Å². The summed E-state index contributed by atoms with van der Waals surface area (Å²) in [4.78, 5) is 9.21. The monoisotopic (exact) mass is 491 g/mol. The van der Waals surface area contributed by atoms with Crippen molar-refractivity contribution in [1.82, 2.24) is 4.98 Å². The van der Waals surface area contributed by atoms with E-state index in [1.54, 1.807) is 7.11 Å². The van der Waals surface area contributed by atoms with Gasteiger partial charge >= 0.3 is 0 Å². The molecule has 3 aromatic rings. The highest BCUT2D eigenvalue weighted by atomic mass is 16.5. The molecule has 0 saturated heterocycles. The quantitative estimate of drug-likeness (QED) is 0.387. The molecule has 0 radical (unpaired) electrons. The Balaban J connectivity index is 0.000000180. The average Bonchev–Trinajstić information content (AvgIpc) is 3.30. The lowest BCUT2D eigenvalue weighted by molar-refractivity contribution is 0.371. The summed E-state index contributed by atoms with van der Waals surface area (Å²) >= 11 is 0. The maximum Gasteiger partial charge on any atom is 0.156 e. The summed E-state index contributed by atoms with van der Waals surface area (Å²) in [6.07, 6.45) is 7.79. The Bertz CT molecular complexity index is 1460. The molecule has 2 aliphatic rings. The number of benzene rings is 2. The van der Waals surface area contributed by atoms with E-state index >= 15 is 0 Å². The van der Waals surface area contributed by atoms with Gasteiger partial charge < -0.3 is 10.1 Å². The number of methoxy groups -OCH3 is 1. The number of aromatic nitrogens is 1. The third-order valence-corrected chi connectivity index (χ3v) is 6.81. The van der Waals surface area contributed by atoms with Crippen LogP contribution in [-0.2, 0) is 11.2 Å². The first kappa shape index (κ1) is 26.2. The van der Waals surface area contributed by atoms with Crippen molar-refractivity contribution in [1.29, 1.82) is 0 Å². The Hall–Kier alpha value is -3.92. The molecule has 4 heteroatoms. The molecular weight excluding hydrogens is 454 g/mol. The maximum absolute atomic E-state index is 5.34. The molecule has 4 nitrogen and oxygen atoms in total. The largest absolute Gasteiger partial charge is 0.497 e. The standard InChI is InChI=1S/C18H18N2O.C15H19N/c1-11-5-7-14(8-6-11)16-9-15(13(3)21-4)17-12(2)10-19-18(17)20-16;1-3-13-6-10-15(11-7-13)16-14-8-4-12(2)5-9-14/h5-9H,3,10H2,1-2,4H3;4,6-8,10-11,16H,3,5,9H2,1-2H3. The Morgan fingerprint density at radius 1 is 0.973 bits per heavy atom. The summed E-state index contributed by atoms with van der Waals surface area (Å²) in [6.45, 7) is 13.2. The van der Waals surface area contributed by atoms with Gasteiger partial charge in [0.15, 0.2) is 5.49 Å².